The van der Waals surface area contributed by atoms with Gasteiger partial charge < -0.3 is 4.90 Å². The van der Waals surface area contributed by atoms with E-state index < -0.39 is 0 Å². The largest absolute Gasteiger partial charge is 0.337 e. The zero-order valence-corrected chi connectivity index (χ0v) is 13.1. The Balaban J connectivity index is 1.48. The summed E-state index contributed by atoms with van der Waals surface area (Å²) in [5.41, 5.74) is 2.13. The molecule has 0 atom stereocenters. The second-order valence-electron chi connectivity index (χ2n) is 5.67. The normalized spacial score (nSPS) is 15.9. The summed E-state index contributed by atoms with van der Waals surface area (Å²) in [6, 6.07) is 15.9. The Labute approximate surface area is 137 Å². The van der Waals surface area contributed by atoms with Gasteiger partial charge in [0.15, 0.2) is 0 Å². The highest BCUT2D eigenvalue weighted by molar-refractivity contribution is 5.91. The number of nitrogens with zero attached hydrogens (tertiary/aromatic N) is 3. The second kappa shape index (κ2) is 7.70. The Hall–Kier alpha value is -2.46. The molecule has 1 aromatic heterocycles. The van der Waals surface area contributed by atoms with E-state index >= 15 is 0 Å². The molecule has 1 amide bonds. The third-order valence-corrected chi connectivity index (χ3v) is 4.01. The van der Waals surface area contributed by atoms with Gasteiger partial charge in [0.2, 0.25) is 5.91 Å². The number of piperazine rings is 1. The first-order valence-corrected chi connectivity index (χ1v) is 7.95. The lowest BCUT2D eigenvalue weighted by molar-refractivity contribution is -0.127. The number of hydrogen-bond acceptors (Lipinski definition) is 3. The highest BCUT2D eigenvalue weighted by atomic mass is 16.2. The topological polar surface area (TPSA) is 36.4 Å². The first kappa shape index (κ1) is 15.4. The molecular formula is C19H21N3O. The van der Waals surface area contributed by atoms with Crippen molar-refractivity contribution in [1.82, 2.24) is 14.8 Å². The van der Waals surface area contributed by atoms with Crippen LogP contribution >= 0.6 is 0 Å². The fourth-order valence-electron chi connectivity index (χ4n) is 2.68. The summed E-state index contributed by atoms with van der Waals surface area (Å²) in [6.07, 6.45) is 5.37. The van der Waals surface area contributed by atoms with Gasteiger partial charge >= 0.3 is 0 Å². The Morgan fingerprint density at radius 1 is 1.00 bits per heavy atom. The molecular weight excluding hydrogens is 286 g/mol. The minimum Gasteiger partial charge on any atom is -0.337 e. The van der Waals surface area contributed by atoms with Crippen LogP contribution in [0.2, 0.25) is 0 Å². The zero-order valence-electron chi connectivity index (χ0n) is 13.1. The molecule has 3 rings (SSSR count). The molecule has 4 nitrogen and oxygen atoms in total. The fraction of sp³-hybridized carbons (Fsp3) is 0.263. The molecule has 2 aromatic rings. The number of hydrogen-bond donors (Lipinski definition) is 0. The van der Waals surface area contributed by atoms with Crippen LogP contribution in [0.15, 0.2) is 60.8 Å². The highest BCUT2D eigenvalue weighted by Crippen LogP contribution is 2.08. The van der Waals surface area contributed by atoms with Crippen LogP contribution in [0.1, 0.15) is 11.3 Å². The molecule has 2 heterocycles. The average molecular weight is 307 g/mol. The van der Waals surface area contributed by atoms with Gasteiger partial charge in [0.1, 0.15) is 0 Å². The van der Waals surface area contributed by atoms with Crippen molar-refractivity contribution in [2.24, 2.45) is 0 Å². The van der Waals surface area contributed by atoms with E-state index in [0.717, 1.165) is 44.0 Å². The number of rotatable bonds is 4. The van der Waals surface area contributed by atoms with Gasteiger partial charge in [0.25, 0.3) is 0 Å². The van der Waals surface area contributed by atoms with Gasteiger partial charge in [-0.2, -0.15) is 0 Å². The molecule has 4 heteroatoms. The lowest BCUT2D eigenvalue weighted by atomic mass is 10.2. The van der Waals surface area contributed by atoms with Gasteiger partial charge in [0.05, 0.1) is 5.69 Å². The van der Waals surface area contributed by atoms with Crippen LogP contribution in [-0.4, -0.2) is 46.9 Å². The molecule has 0 radical (unpaired) electrons. The standard InChI is InChI=1S/C19H21N3O/c23-19(10-9-17-6-2-1-3-7-17)22-14-12-21(13-15-22)16-18-8-4-5-11-20-18/h1-11H,12-16H2/b10-9+. The van der Waals surface area contributed by atoms with Crippen molar-refractivity contribution in [3.63, 3.8) is 0 Å². The van der Waals surface area contributed by atoms with Crippen molar-refractivity contribution in [3.8, 4) is 0 Å². The third kappa shape index (κ3) is 4.50. The smallest absolute Gasteiger partial charge is 0.246 e. The minimum atomic E-state index is 0.0892. The number of pyridine rings is 1. The summed E-state index contributed by atoms with van der Waals surface area (Å²) < 4.78 is 0. The van der Waals surface area contributed by atoms with E-state index in [1.165, 1.54) is 0 Å². The fourth-order valence-corrected chi connectivity index (χ4v) is 2.68. The van der Waals surface area contributed by atoms with Gasteiger partial charge in [-0.1, -0.05) is 36.4 Å². The summed E-state index contributed by atoms with van der Waals surface area (Å²) >= 11 is 0. The van der Waals surface area contributed by atoms with Crippen molar-refractivity contribution in [1.29, 1.82) is 0 Å². The molecule has 0 unspecified atom stereocenters. The Morgan fingerprint density at radius 3 is 2.43 bits per heavy atom. The molecule has 118 valence electrons. The van der Waals surface area contributed by atoms with Crippen LogP contribution in [0.25, 0.3) is 6.08 Å². The van der Waals surface area contributed by atoms with E-state index in [9.17, 15) is 4.79 Å². The maximum Gasteiger partial charge on any atom is 0.246 e. The quantitative estimate of drug-likeness (QED) is 0.814. The summed E-state index contributed by atoms with van der Waals surface area (Å²) in [5.74, 6) is 0.0892. The lowest BCUT2D eigenvalue weighted by Gasteiger charge is -2.34. The monoisotopic (exact) mass is 307 g/mol. The first-order chi connectivity index (χ1) is 11.3. The molecule has 0 N–H and O–H groups in total. The van der Waals surface area contributed by atoms with Crippen LogP contribution in [0.5, 0.6) is 0 Å². The van der Waals surface area contributed by atoms with E-state index in [1.807, 2.05) is 65.7 Å². The van der Waals surface area contributed by atoms with E-state index in [1.54, 1.807) is 6.08 Å². The Morgan fingerprint density at radius 2 is 1.74 bits per heavy atom. The Bertz CT molecular complexity index is 647. The molecule has 1 aliphatic heterocycles. The van der Waals surface area contributed by atoms with Crippen molar-refractivity contribution >= 4 is 12.0 Å². The van der Waals surface area contributed by atoms with Crippen LogP contribution in [0, 0.1) is 0 Å². The summed E-state index contributed by atoms with van der Waals surface area (Å²) in [6.45, 7) is 4.17. The van der Waals surface area contributed by atoms with E-state index in [2.05, 4.69) is 9.88 Å². The van der Waals surface area contributed by atoms with E-state index in [0.29, 0.717) is 0 Å². The van der Waals surface area contributed by atoms with Crippen LogP contribution in [-0.2, 0) is 11.3 Å². The van der Waals surface area contributed by atoms with E-state index in [4.69, 9.17) is 0 Å². The minimum absolute atomic E-state index is 0.0892. The Kier molecular flexibility index (Phi) is 5.17. The molecule has 1 aromatic carbocycles. The predicted molar refractivity (Wildman–Crippen MR) is 91.6 cm³/mol. The van der Waals surface area contributed by atoms with Crippen molar-refractivity contribution in [2.75, 3.05) is 26.2 Å². The summed E-state index contributed by atoms with van der Waals surface area (Å²) in [5, 5.41) is 0. The van der Waals surface area contributed by atoms with Crippen molar-refractivity contribution in [2.45, 2.75) is 6.54 Å². The predicted octanol–water partition coefficient (Wildman–Crippen LogP) is 2.44. The molecule has 23 heavy (non-hydrogen) atoms. The SMILES string of the molecule is O=C(/C=C/c1ccccc1)N1CCN(Cc2ccccn2)CC1. The lowest BCUT2D eigenvalue weighted by Crippen LogP contribution is -2.47. The molecule has 1 aliphatic rings. The van der Waals surface area contributed by atoms with Gasteiger partial charge in [-0.3, -0.25) is 14.7 Å². The van der Waals surface area contributed by atoms with E-state index in [-0.39, 0.29) is 5.91 Å². The molecule has 0 spiro atoms. The highest BCUT2D eigenvalue weighted by Gasteiger charge is 2.19. The van der Waals surface area contributed by atoms with Gasteiger partial charge in [-0.05, 0) is 23.8 Å². The third-order valence-electron chi connectivity index (χ3n) is 4.01. The summed E-state index contributed by atoms with van der Waals surface area (Å²) in [4.78, 5) is 20.9. The van der Waals surface area contributed by atoms with Crippen LogP contribution in [0.4, 0.5) is 0 Å². The number of amides is 1. The van der Waals surface area contributed by atoms with Crippen LogP contribution in [0.3, 0.4) is 0 Å². The molecule has 1 saturated heterocycles. The van der Waals surface area contributed by atoms with Crippen molar-refractivity contribution in [3.05, 3.63) is 72.1 Å². The second-order valence-corrected chi connectivity index (χ2v) is 5.67. The maximum absolute atomic E-state index is 12.2. The number of carbonyl (C=O) groups excluding carboxylic acids is 1. The van der Waals surface area contributed by atoms with Gasteiger partial charge in [-0.25, -0.2) is 0 Å². The van der Waals surface area contributed by atoms with Gasteiger partial charge in [0, 0.05) is 45.0 Å². The first-order valence-electron chi connectivity index (χ1n) is 7.95. The molecule has 0 bridgehead atoms. The zero-order chi connectivity index (χ0) is 15.9. The van der Waals surface area contributed by atoms with Crippen molar-refractivity contribution < 1.29 is 4.79 Å². The number of aromatic nitrogens is 1. The average Bonchev–Trinajstić information content (AvgIpc) is 2.62. The summed E-state index contributed by atoms with van der Waals surface area (Å²) in [7, 11) is 0. The number of carbonyl (C=O) groups is 1. The maximum atomic E-state index is 12.2. The molecule has 0 aliphatic carbocycles. The molecule has 1 fully saturated rings. The molecule has 0 saturated carbocycles. The number of benzene rings is 1. The van der Waals surface area contributed by atoms with Gasteiger partial charge in [-0.15, -0.1) is 0 Å². The van der Waals surface area contributed by atoms with Crippen LogP contribution < -0.4 is 0 Å².